The van der Waals surface area contributed by atoms with Crippen LogP contribution in [0, 0.1) is 17.0 Å². The third kappa shape index (κ3) is 4.53. The van der Waals surface area contributed by atoms with Gasteiger partial charge >= 0.3 is 0 Å². The van der Waals surface area contributed by atoms with E-state index in [9.17, 15) is 18.5 Å². The van der Waals surface area contributed by atoms with Gasteiger partial charge in [-0.1, -0.05) is 0 Å². The minimum atomic E-state index is -4.12. The molecule has 0 unspecified atom stereocenters. The van der Waals surface area contributed by atoms with Crippen molar-refractivity contribution in [3.8, 4) is 5.75 Å². The van der Waals surface area contributed by atoms with Crippen molar-refractivity contribution in [2.45, 2.75) is 18.2 Å². The SMILES string of the molecule is CSCCCOc1c(C)cc([N+](=O)[O-])cc1S(=O)(=O)Cl. The maximum atomic E-state index is 11.5. The molecule has 0 saturated carbocycles. The van der Waals surface area contributed by atoms with Crippen molar-refractivity contribution in [3.05, 3.63) is 27.8 Å². The molecule has 9 heteroatoms. The predicted octanol–water partition coefficient (Wildman–Crippen LogP) is 2.96. The fourth-order valence-electron chi connectivity index (χ4n) is 1.57. The minimum absolute atomic E-state index is 0.0757. The number of ether oxygens (including phenoxy) is 1. The van der Waals surface area contributed by atoms with Crippen molar-refractivity contribution in [3.63, 3.8) is 0 Å². The first-order valence-corrected chi connectivity index (χ1v) is 9.33. The standard InChI is InChI=1S/C11H14ClNO5S2/c1-8-6-9(13(14)15)7-10(20(12,16)17)11(8)18-4-3-5-19-2/h6-7H,3-5H2,1-2H3. The summed E-state index contributed by atoms with van der Waals surface area (Å²) in [5.74, 6) is 0.946. The molecule has 1 aromatic carbocycles. The van der Waals surface area contributed by atoms with Gasteiger partial charge in [-0.15, -0.1) is 0 Å². The van der Waals surface area contributed by atoms with E-state index in [-0.39, 0.29) is 16.3 Å². The van der Waals surface area contributed by atoms with Crippen LogP contribution in [0.4, 0.5) is 5.69 Å². The Hall–Kier alpha value is -0.990. The van der Waals surface area contributed by atoms with Crippen LogP contribution in [-0.4, -0.2) is 32.0 Å². The second kappa shape index (κ2) is 7.14. The quantitative estimate of drug-likeness (QED) is 0.328. The summed E-state index contributed by atoms with van der Waals surface area (Å²) in [4.78, 5) is 9.73. The highest BCUT2D eigenvalue weighted by Gasteiger charge is 2.23. The number of nitrogens with zero attached hydrogens (tertiary/aromatic N) is 1. The van der Waals surface area contributed by atoms with E-state index in [0.29, 0.717) is 12.2 Å². The fraction of sp³-hybridized carbons (Fsp3) is 0.455. The van der Waals surface area contributed by atoms with E-state index in [1.165, 1.54) is 6.07 Å². The van der Waals surface area contributed by atoms with Gasteiger partial charge in [0, 0.05) is 22.8 Å². The van der Waals surface area contributed by atoms with Gasteiger partial charge in [-0.25, -0.2) is 8.42 Å². The van der Waals surface area contributed by atoms with Crippen LogP contribution in [-0.2, 0) is 9.05 Å². The summed E-state index contributed by atoms with van der Waals surface area (Å²) in [6, 6.07) is 2.18. The summed E-state index contributed by atoms with van der Waals surface area (Å²) in [5, 5.41) is 10.8. The lowest BCUT2D eigenvalue weighted by molar-refractivity contribution is -0.385. The Balaban J connectivity index is 3.18. The number of hydrogen-bond donors (Lipinski definition) is 0. The van der Waals surface area contributed by atoms with Crippen LogP contribution in [0.2, 0.25) is 0 Å². The molecule has 1 rings (SSSR count). The molecule has 0 heterocycles. The third-order valence-corrected chi connectivity index (χ3v) is 4.46. The van der Waals surface area contributed by atoms with E-state index in [2.05, 4.69) is 0 Å². The van der Waals surface area contributed by atoms with E-state index >= 15 is 0 Å². The maximum absolute atomic E-state index is 11.5. The molecule has 0 aliphatic carbocycles. The fourth-order valence-corrected chi connectivity index (χ4v) is 3.03. The number of nitro groups is 1. The summed E-state index contributed by atoms with van der Waals surface area (Å²) < 4.78 is 28.5. The average Bonchev–Trinajstić information content (AvgIpc) is 2.34. The molecule has 1 aromatic rings. The van der Waals surface area contributed by atoms with Crippen LogP contribution in [0.5, 0.6) is 5.75 Å². The molecule has 0 aliphatic heterocycles. The van der Waals surface area contributed by atoms with Crippen LogP contribution in [0.1, 0.15) is 12.0 Å². The topological polar surface area (TPSA) is 86.5 Å². The molecular formula is C11H14ClNO5S2. The van der Waals surface area contributed by atoms with Crippen molar-refractivity contribution >= 4 is 37.2 Å². The van der Waals surface area contributed by atoms with E-state index in [0.717, 1.165) is 18.2 Å². The Morgan fingerprint density at radius 3 is 2.60 bits per heavy atom. The highest BCUT2D eigenvalue weighted by Crippen LogP contribution is 2.34. The molecule has 0 N–H and O–H groups in total. The number of non-ortho nitro benzene ring substituents is 1. The molecule has 6 nitrogen and oxygen atoms in total. The summed E-state index contributed by atoms with van der Waals surface area (Å²) in [7, 11) is 1.20. The van der Waals surface area contributed by atoms with Crippen molar-refractivity contribution in [1.29, 1.82) is 0 Å². The summed E-state index contributed by atoms with van der Waals surface area (Å²) in [6.07, 6.45) is 2.69. The van der Waals surface area contributed by atoms with Gasteiger partial charge < -0.3 is 4.74 Å². The lowest BCUT2D eigenvalue weighted by Crippen LogP contribution is -2.05. The zero-order chi connectivity index (χ0) is 15.3. The molecule has 0 aromatic heterocycles. The molecule has 0 atom stereocenters. The lowest BCUT2D eigenvalue weighted by atomic mass is 10.2. The van der Waals surface area contributed by atoms with Gasteiger partial charge in [-0.2, -0.15) is 11.8 Å². The average molecular weight is 340 g/mol. The van der Waals surface area contributed by atoms with Crippen LogP contribution in [0.3, 0.4) is 0 Å². The molecule has 0 spiro atoms. The summed E-state index contributed by atoms with van der Waals surface area (Å²) in [6.45, 7) is 1.86. The number of hydrogen-bond acceptors (Lipinski definition) is 6. The Labute approximate surface area is 126 Å². The van der Waals surface area contributed by atoms with Gasteiger partial charge in [-0.3, -0.25) is 10.1 Å². The molecule has 0 saturated heterocycles. The first kappa shape index (κ1) is 17.1. The lowest BCUT2D eigenvalue weighted by Gasteiger charge is -2.12. The molecule has 112 valence electrons. The highest BCUT2D eigenvalue weighted by molar-refractivity contribution is 8.13. The molecule has 20 heavy (non-hydrogen) atoms. The molecule has 0 bridgehead atoms. The van der Waals surface area contributed by atoms with Gasteiger partial charge in [0.25, 0.3) is 14.7 Å². The first-order chi connectivity index (χ1) is 9.27. The minimum Gasteiger partial charge on any atom is -0.492 e. The molecular weight excluding hydrogens is 326 g/mol. The highest BCUT2D eigenvalue weighted by atomic mass is 35.7. The second-order valence-corrected chi connectivity index (χ2v) is 7.50. The molecule has 0 amide bonds. The van der Waals surface area contributed by atoms with Gasteiger partial charge in [0.2, 0.25) is 0 Å². The Morgan fingerprint density at radius 1 is 1.45 bits per heavy atom. The smallest absolute Gasteiger partial charge is 0.271 e. The van der Waals surface area contributed by atoms with Crippen LogP contribution >= 0.6 is 22.4 Å². The monoisotopic (exact) mass is 339 g/mol. The third-order valence-electron chi connectivity index (χ3n) is 2.44. The summed E-state index contributed by atoms with van der Waals surface area (Å²) >= 11 is 1.64. The Morgan fingerprint density at radius 2 is 2.10 bits per heavy atom. The predicted molar refractivity (Wildman–Crippen MR) is 79.4 cm³/mol. The zero-order valence-corrected chi connectivity index (χ0v) is 13.3. The number of halogens is 1. The van der Waals surface area contributed by atoms with Crippen LogP contribution in [0.15, 0.2) is 17.0 Å². The second-order valence-electron chi connectivity index (χ2n) is 3.98. The van der Waals surface area contributed by atoms with Crippen molar-refractivity contribution in [2.75, 3.05) is 18.6 Å². The van der Waals surface area contributed by atoms with Gasteiger partial charge in [0.1, 0.15) is 10.6 Å². The van der Waals surface area contributed by atoms with E-state index in [1.807, 2.05) is 6.26 Å². The largest absolute Gasteiger partial charge is 0.492 e. The van der Waals surface area contributed by atoms with Crippen molar-refractivity contribution in [2.24, 2.45) is 0 Å². The number of rotatable bonds is 7. The normalized spacial score (nSPS) is 11.3. The van der Waals surface area contributed by atoms with Gasteiger partial charge in [0.15, 0.2) is 0 Å². The van der Waals surface area contributed by atoms with E-state index in [4.69, 9.17) is 15.4 Å². The molecule has 0 fully saturated rings. The van der Waals surface area contributed by atoms with E-state index in [1.54, 1.807) is 18.7 Å². The van der Waals surface area contributed by atoms with Crippen molar-refractivity contribution in [1.82, 2.24) is 0 Å². The number of aryl methyl sites for hydroxylation is 1. The molecule has 0 radical (unpaired) electrons. The van der Waals surface area contributed by atoms with Gasteiger partial charge in [-0.05, 0) is 30.9 Å². The number of thioether (sulfide) groups is 1. The number of nitro benzene ring substituents is 1. The Kier molecular flexibility index (Phi) is 6.09. The maximum Gasteiger partial charge on any atom is 0.271 e. The van der Waals surface area contributed by atoms with Crippen LogP contribution in [0.25, 0.3) is 0 Å². The zero-order valence-electron chi connectivity index (χ0n) is 11.0. The van der Waals surface area contributed by atoms with Crippen LogP contribution < -0.4 is 4.74 Å². The Bertz CT molecular complexity index is 603. The number of benzene rings is 1. The summed E-state index contributed by atoms with van der Waals surface area (Å²) in [5.41, 5.74) is 0.0285. The molecule has 0 aliphatic rings. The van der Waals surface area contributed by atoms with E-state index < -0.39 is 14.0 Å². The first-order valence-electron chi connectivity index (χ1n) is 5.62. The van der Waals surface area contributed by atoms with Crippen molar-refractivity contribution < 1.29 is 18.1 Å². The van der Waals surface area contributed by atoms with Gasteiger partial charge in [0.05, 0.1) is 11.5 Å².